The lowest BCUT2D eigenvalue weighted by Crippen LogP contribution is -2.07. The molecule has 0 saturated heterocycles. The van der Waals surface area contributed by atoms with Crippen LogP contribution in [0.15, 0.2) is 24.3 Å². The van der Waals surface area contributed by atoms with Crippen LogP contribution in [0.25, 0.3) is 10.9 Å². The summed E-state index contributed by atoms with van der Waals surface area (Å²) in [4.78, 5) is 3.31. The summed E-state index contributed by atoms with van der Waals surface area (Å²) < 4.78 is 50.3. The first-order valence-electron chi connectivity index (χ1n) is 4.21. The minimum absolute atomic E-state index is 0.0116. The molecule has 0 bridgehead atoms. The Morgan fingerprint density at radius 3 is 2.38 bits per heavy atom. The van der Waals surface area contributed by atoms with Crippen molar-refractivity contribution in [2.45, 2.75) is 6.18 Å². The topological polar surface area (TPSA) is 12.9 Å². The van der Waals surface area contributed by atoms with Gasteiger partial charge in [0.05, 0.1) is 10.5 Å². The molecule has 0 aliphatic carbocycles. The lowest BCUT2D eigenvalue weighted by molar-refractivity contribution is -0.140. The average molecular weight is 250 g/mol. The molecule has 0 spiro atoms. The maximum Gasteiger partial charge on any atom is 0.433 e. The van der Waals surface area contributed by atoms with Gasteiger partial charge in [0.25, 0.3) is 0 Å². The summed E-state index contributed by atoms with van der Waals surface area (Å²) in [7, 11) is 0. The van der Waals surface area contributed by atoms with Gasteiger partial charge in [-0.15, -0.1) is 0 Å². The molecule has 2 rings (SSSR count). The fourth-order valence-electron chi connectivity index (χ4n) is 1.31. The Morgan fingerprint density at radius 2 is 1.75 bits per heavy atom. The molecular weight excluding hydrogens is 246 g/mol. The van der Waals surface area contributed by atoms with Crippen LogP contribution in [0.3, 0.4) is 0 Å². The highest BCUT2D eigenvalue weighted by molar-refractivity contribution is 6.35. The molecule has 0 N–H and O–H groups in total. The van der Waals surface area contributed by atoms with E-state index in [2.05, 4.69) is 4.98 Å². The van der Waals surface area contributed by atoms with Gasteiger partial charge >= 0.3 is 6.18 Å². The van der Waals surface area contributed by atoms with Gasteiger partial charge in [-0.3, -0.25) is 0 Å². The molecule has 0 unspecified atom stereocenters. The average Bonchev–Trinajstić information content (AvgIpc) is 2.22. The maximum atomic E-state index is 13.2. The smallest absolute Gasteiger partial charge is 0.242 e. The van der Waals surface area contributed by atoms with E-state index in [4.69, 9.17) is 11.6 Å². The fourth-order valence-corrected chi connectivity index (χ4v) is 1.51. The van der Waals surface area contributed by atoms with Crippen molar-refractivity contribution in [3.63, 3.8) is 0 Å². The van der Waals surface area contributed by atoms with Gasteiger partial charge in [-0.05, 0) is 24.3 Å². The Bertz CT molecular complexity index is 550. The number of hydrogen-bond donors (Lipinski definition) is 0. The molecule has 6 heteroatoms. The summed E-state index contributed by atoms with van der Waals surface area (Å²) in [6, 6.07) is 4.00. The Hall–Kier alpha value is -1.36. The number of aromatic nitrogens is 1. The highest BCUT2D eigenvalue weighted by atomic mass is 35.5. The van der Waals surface area contributed by atoms with Crippen molar-refractivity contribution < 1.29 is 17.6 Å². The molecule has 0 aliphatic heterocycles. The van der Waals surface area contributed by atoms with Gasteiger partial charge in [0.15, 0.2) is 0 Å². The molecular formula is C10H4ClF4N. The Kier molecular flexibility index (Phi) is 2.50. The first-order valence-corrected chi connectivity index (χ1v) is 4.59. The van der Waals surface area contributed by atoms with Crippen molar-refractivity contribution in [3.05, 3.63) is 40.8 Å². The molecule has 1 heterocycles. The second-order valence-corrected chi connectivity index (χ2v) is 3.53. The van der Waals surface area contributed by atoms with Gasteiger partial charge in [-0.2, -0.15) is 13.2 Å². The highest BCUT2D eigenvalue weighted by Gasteiger charge is 2.32. The third kappa shape index (κ3) is 1.82. The van der Waals surface area contributed by atoms with Crippen molar-refractivity contribution in [3.8, 4) is 0 Å². The highest BCUT2D eigenvalue weighted by Crippen LogP contribution is 2.31. The molecule has 0 fully saturated rings. The molecule has 84 valence electrons. The van der Waals surface area contributed by atoms with Crippen molar-refractivity contribution in [1.82, 2.24) is 4.98 Å². The van der Waals surface area contributed by atoms with Gasteiger partial charge in [0.1, 0.15) is 11.5 Å². The quantitative estimate of drug-likeness (QED) is 0.642. The molecule has 0 radical (unpaired) electrons. The van der Waals surface area contributed by atoms with E-state index in [0.29, 0.717) is 0 Å². The van der Waals surface area contributed by atoms with E-state index in [9.17, 15) is 17.6 Å². The molecule has 2 aromatic rings. The standard InChI is InChI=1S/C10H4ClF4N/c11-6-2-3-7(12)5-1-4-8(10(13,14)15)16-9(5)6/h1-4H. The van der Waals surface area contributed by atoms with Crippen LogP contribution in [-0.4, -0.2) is 4.98 Å². The van der Waals surface area contributed by atoms with E-state index in [1.807, 2.05) is 0 Å². The molecule has 1 aromatic carbocycles. The van der Waals surface area contributed by atoms with Gasteiger partial charge in [0, 0.05) is 5.39 Å². The van der Waals surface area contributed by atoms with Crippen LogP contribution in [0.2, 0.25) is 5.02 Å². The zero-order valence-corrected chi connectivity index (χ0v) is 8.40. The molecule has 0 aliphatic rings. The predicted molar refractivity (Wildman–Crippen MR) is 51.7 cm³/mol. The number of halogens is 5. The number of benzene rings is 1. The van der Waals surface area contributed by atoms with Crippen molar-refractivity contribution in [2.75, 3.05) is 0 Å². The van der Waals surface area contributed by atoms with Crippen LogP contribution in [-0.2, 0) is 6.18 Å². The summed E-state index contributed by atoms with van der Waals surface area (Å²) in [6.07, 6.45) is -4.57. The summed E-state index contributed by atoms with van der Waals surface area (Å²) in [5.41, 5.74) is -1.27. The SMILES string of the molecule is Fc1ccc(Cl)c2nc(C(F)(F)F)ccc12. The van der Waals surface area contributed by atoms with Crippen LogP contribution >= 0.6 is 11.6 Å². The Balaban J connectivity index is 2.76. The molecule has 1 nitrogen and oxygen atoms in total. The minimum Gasteiger partial charge on any atom is -0.242 e. The van der Waals surface area contributed by atoms with Crippen LogP contribution in [0.5, 0.6) is 0 Å². The van der Waals surface area contributed by atoms with Crippen LogP contribution in [0, 0.1) is 5.82 Å². The second kappa shape index (κ2) is 3.59. The number of hydrogen-bond acceptors (Lipinski definition) is 1. The zero-order chi connectivity index (χ0) is 11.9. The maximum absolute atomic E-state index is 13.2. The second-order valence-electron chi connectivity index (χ2n) is 3.12. The van der Waals surface area contributed by atoms with Gasteiger partial charge in [-0.25, -0.2) is 9.37 Å². The monoisotopic (exact) mass is 249 g/mol. The van der Waals surface area contributed by atoms with Gasteiger partial charge < -0.3 is 0 Å². The lowest BCUT2D eigenvalue weighted by atomic mass is 10.2. The molecule has 0 saturated carbocycles. The minimum atomic E-state index is -4.57. The fraction of sp³-hybridized carbons (Fsp3) is 0.100. The largest absolute Gasteiger partial charge is 0.433 e. The van der Waals surface area contributed by atoms with Crippen LogP contribution in [0.4, 0.5) is 17.6 Å². The molecule has 1 aromatic heterocycles. The predicted octanol–water partition coefficient (Wildman–Crippen LogP) is 4.05. The number of rotatable bonds is 0. The first kappa shape index (κ1) is 11.1. The Morgan fingerprint density at radius 1 is 1.06 bits per heavy atom. The molecule has 0 atom stereocenters. The van der Waals surface area contributed by atoms with E-state index in [1.165, 1.54) is 6.07 Å². The van der Waals surface area contributed by atoms with E-state index in [0.717, 1.165) is 18.2 Å². The number of nitrogens with zero attached hydrogens (tertiary/aromatic N) is 1. The van der Waals surface area contributed by atoms with E-state index < -0.39 is 17.7 Å². The summed E-state index contributed by atoms with van der Waals surface area (Å²) in [5, 5.41) is -0.0389. The van der Waals surface area contributed by atoms with E-state index in [1.54, 1.807) is 0 Å². The van der Waals surface area contributed by atoms with Crippen molar-refractivity contribution in [2.24, 2.45) is 0 Å². The van der Waals surface area contributed by atoms with Crippen LogP contribution in [0.1, 0.15) is 5.69 Å². The number of fused-ring (bicyclic) bond motifs is 1. The van der Waals surface area contributed by atoms with Crippen molar-refractivity contribution in [1.29, 1.82) is 0 Å². The zero-order valence-electron chi connectivity index (χ0n) is 7.65. The van der Waals surface area contributed by atoms with E-state index >= 15 is 0 Å². The Labute approximate surface area is 92.7 Å². The van der Waals surface area contributed by atoms with Crippen LogP contribution < -0.4 is 0 Å². The van der Waals surface area contributed by atoms with Crippen molar-refractivity contribution >= 4 is 22.5 Å². The molecule has 16 heavy (non-hydrogen) atoms. The summed E-state index contributed by atoms with van der Waals surface area (Å²) >= 11 is 5.65. The lowest BCUT2D eigenvalue weighted by Gasteiger charge is -2.07. The number of pyridine rings is 1. The third-order valence-corrected chi connectivity index (χ3v) is 2.35. The summed E-state index contributed by atoms with van der Waals surface area (Å²) in [5.74, 6) is -0.652. The normalized spacial score (nSPS) is 12.1. The first-order chi connectivity index (χ1) is 7.39. The third-order valence-electron chi connectivity index (χ3n) is 2.05. The molecule has 0 amide bonds. The number of alkyl halides is 3. The van der Waals surface area contributed by atoms with E-state index in [-0.39, 0.29) is 15.9 Å². The van der Waals surface area contributed by atoms with Gasteiger partial charge in [0.2, 0.25) is 0 Å². The van der Waals surface area contributed by atoms with Gasteiger partial charge in [-0.1, -0.05) is 11.6 Å². The summed E-state index contributed by atoms with van der Waals surface area (Å²) in [6.45, 7) is 0.